The summed E-state index contributed by atoms with van der Waals surface area (Å²) in [5, 5.41) is 0. The van der Waals surface area contributed by atoms with Crippen LogP contribution in [0.25, 0.3) is 5.52 Å². The number of esters is 1. The van der Waals surface area contributed by atoms with Gasteiger partial charge in [0.15, 0.2) is 0 Å². The molecule has 2 heterocycles. The van der Waals surface area contributed by atoms with Gasteiger partial charge in [0.25, 0.3) is 0 Å². The zero-order chi connectivity index (χ0) is 13.3. The van der Waals surface area contributed by atoms with E-state index < -0.39 is 17.8 Å². The predicted octanol–water partition coefficient (Wildman–Crippen LogP) is 3.13. The molecule has 18 heavy (non-hydrogen) atoms. The van der Waals surface area contributed by atoms with Gasteiger partial charge in [-0.15, -0.1) is 0 Å². The molecule has 0 N–H and O–H groups in total. The topological polar surface area (TPSA) is 30.7 Å². The van der Waals surface area contributed by atoms with E-state index in [2.05, 4.69) is 0 Å². The first-order chi connectivity index (χ1) is 8.43. The SMILES string of the molecule is CCOC(=O)c1cc2cccc(C(F)(F)F)n2c1. The van der Waals surface area contributed by atoms with Crippen molar-refractivity contribution < 1.29 is 22.7 Å². The number of aromatic nitrogens is 1. The first-order valence-electron chi connectivity index (χ1n) is 5.29. The highest BCUT2D eigenvalue weighted by atomic mass is 19.4. The number of ether oxygens (including phenoxy) is 1. The van der Waals surface area contributed by atoms with Crippen LogP contribution < -0.4 is 0 Å². The summed E-state index contributed by atoms with van der Waals surface area (Å²) >= 11 is 0. The molecule has 6 heteroatoms. The third-order valence-electron chi connectivity index (χ3n) is 2.43. The molecule has 2 aromatic rings. The molecule has 96 valence electrons. The van der Waals surface area contributed by atoms with E-state index in [9.17, 15) is 18.0 Å². The zero-order valence-corrected chi connectivity index (χ0v) is 9.49. The third kappa shape index (κ3) is 2.18. The second-order valence-corrected chi connectivity index (χ2v) is 3.65. The van der Waals surface area contributed by atoms with E-state index in [1.807, 2.05) is 0 Å². The van der Waals surface area contributed by atoms with Crippen LogP contribution in [0.15, 0.2) is 30.5 Å². The normalized spacial score (nSPS) is 11.8. The van der Waals surface area contributed by atoms with Gasteiger partial charge in [0.05, 0.1) is 12.2 Å². The van der Waals surface area contributed by atoms with E-state index in [0.29, 0.717) is 5.52 Å². The summed E-state index contributed by atoms with van der Waals surface area (Å²) in [5.74, 6) is -0.630. The van der Waals surface area contributed by atoms with E-state index in [1.165, 1.54) is 18.2 Å². The Bertz CT molecular complexity index is 587. The Morgan fingerprint density at radius 1 is 1.39 bits per heavy atom. The van der Waals surface area contributed by atoms with Gasteiger partial charge in [0.2, 0.25) is 0 Å². The lowest BCUT2D eigenvalue weighted by atomic mass is 10.3. The molecule has 0 radical (unpaired) electrons. The van der Waals surface area contributed by atoms with Gasteiger partial charge in [-0.2, -0.15) is 13.2 Å². The third-order valence-corrected chi connectivity index (χ3v) is 2.43. The summed E-state index contributed by atoms with van der Waals surface area (Å²) in [5.41, 5.74) is -0.419. The van der Waals surface area contributed by atoms with Crippen molar-refractivity contribution in [2.45, 2.75) is 13.1 Å². The molecule has 0 aliphatic heterocycles. The molecule has 0 amide bonds. The van der Waals surface area contributed by atoms with Gasteiger partial charge >= 0.3 is 12.1 Å². The van der Waals surface area contributed by atoms with Gasteiger partial charge in [-0.3, -0.25) is 0 Å². The molecule has 0 bridgehead atoms. The molecule has 2 rings (SSSR count). The summed E-state index contributed by atoms with van der Waals surface area (Å²) in [6, 6.07) is 5.13. The number of hydrogen-bond acceptors (Lipinski definition) is 2. The maximum absolute atomic E-state index is 12.7. The summed E-state index contributed by atoms with van der Waals surface area (Å²) in [6.07, 6.45) is -3.33. The monoisotopic (exact) mass is 257 g/mol. The number of rotatable bonds is 2. The van der Waals surface area contributed by atoms with Crippen molar-refractivity contribution in [2.75, 3.05) is 6.61 Å². The minimum Gasteiger partial charge on any atom is -0.462 e. The van der Waals surface area contributed by atoms with Crippen LogP contribution in [0, 0.1) is 0 Å². The van der Waals surface area contributed by atoms with Gasteiger partial charge in [-0.05, 0) is 25.1 Å². The Kier molecular flexibility index (Phi) is 3.02. The molecule has 0 fully saturated rings. The zero-order valence-electron chi connectivity index (χ0n) is 9.49. The van der Waals surface area contributed by atoms with Crippen LogP contribution in [0.1, 0.15) is 23.0 Å². The summed E-state index contributed by atoms with van der Waals surface area (Å²) < 4.78 is 43.9. The highest BCUT2D eigenvalue weighted by Crippen LogP contribution is 2.30. The van der Waals surface area contributed by atoms with E-state index in [0.717, 1.165) is 16.7 Å². The van der Waals surface area contributed by atoms with Crippen LogP contribution in [0.2, 0.25) is 0 Å². The lowest BCUT2D eigenvalue weighted by Crippen LogP contribution is -2.10. The maximum atomic E-state index is 12.7. The fraction of sp³-hybridized carbons (Fsp3) is 0.250. The number of hydrogen-bond donors (Lipinski definition) is 0. The summed E-state index contributed by atoms with van der Waals surface area (Å²) in [7, 11) is 0. The molecule has 0 atom stereocenters. The van der Waals surface area contributed by atoms with Crippen LogP contribution >= 0.6 is 0 Å². The van der Waals surface area contributed by atoms with Crippen molar-refractivity contribution >= 4 is 11.5 Å². The Hall–Kier alpha value is -1.98. The van der Waals surface area contributed by atoms with Crippen LogP contribution in [-0.4, -0.2) is 17.0 Å². The minimum absolute atomic E-state index is 0.105. The first-order valence-corrected chi connectivity index (χ1v) is 5.29. The number of carbonyl (C=O) groups is 1. The van der Waals surface area contributed by atoms with E-state index >= 15 is 0 Å². The maximum Gasteiger partial charge on any atom is 0.431 e. The lowest BCUT2D eigenvalue weighted by molar-refractivity contribution is -0.142. The highest BCUT2D eigenvalue weighted by Gasteiger charge is 2.33. The van der Waals surface area contributed by atoms with Crippen LogP contribution in [0.4, 0.5) is 13.2 Å². The molecule has 0 aliphatic carbocycles. The molecular weight excluding hydrogens is 247 g/mol. The average Bonchev–Trinajstić information content (AvgIpc) is 2.71. The first kappa shape index (κ1) is 12.5. The number of alkyl halides is 3. The van der Waals surface area contributed by atoms with Crippen molar-refractivity contribution in [1.29, 1.82) is 0 Å². The standard InChI is InChI=1S/C12H10F3NO2/c1-2-18-11(17)8-6-9-4-3-5-10(12(13,14)15)16(9)7-8/h3-7H,2H2,1H3. The van der Waals surface area contributed by atoms with Gasteiger partial charge < -0.3 is 9.14 Å². The Morgan fingerprint density at radius 3 is 2.72 bits per heavy atom. The smallest absolute Gasteiger partial charge is 0.431 e. The number of carbonyl (C=O) groups excluding carboxylic acids is 1. The van der Waals surface area contributed by atoms with Crippen molar-refractivity contribution in [3.05, 3.63) is 41.7 Å². The van der Waals surface area contributed by atoms with Crippen molar-refractivity contribution in [3.63, 3.8) is 0 Å². The average molecular weight is 257 g/mol. The molecule has 0 aliphatic rings. The number of pyridine rings is 1. The van der Waals surface area contributed by atoms with Gasteiger partial charge in [0.1, 0.15) is 5.69 Å². The molecule has 0 spiro atoms. The van der Waals surface area contributed by atoms with Gasteiger partial charge in [-0.1, -0.05) is 6.07 Å². The molecule has 0 unspecified atom stereocenters. The lowest BCUT2D eigenvalue weighted by Gasteiger charge is -2.09. The summed E-state index contributed by atoms with van der Waals surface area (Å²) in [4.78, 5) is 11.5. The molecule has 3 nitrogen and oxygen atoms in total. The second kappa shape index (κ2) is 4.36. The van der Waals surface area contributed by atoms with Crippen LogP contribution in [0.5, 0.6) is 0 Å². The second-order valence-electron chi connectivity index (χ2n) is 3.65. The van der Waals surface area contributed by atoms with E-state index in [4.69, 9.17) is 4.74 Å². The predicted molar refractivity (Wildman–Crippen MR) is 58.4 cm³/mol. The largest absolute Gasteiger partial charge is 0.462 e. The highest BCUT2D eigenvalue weighted by molar-refractivity contribution is 5.91. The van der Waals surface area contributed by atoms with Crippen LogP contribution in [0.3, 0.4) is 0 Å². The Balaban J connectivity index is 2.55. The van der Waals surface area contributed by atoms with Crippen LogP contribution in [-0.2, 0) is 10.9 Å². The fourth-order valence-corrected chi connectivity index (χ4v) is 1.69. The number of fused-ring (bicyclic) bond motifs is 1. The molecule has 0 saturated carbocycles. The van der Waals surface area contributed by atoms with Gasteiger partial charge in [0, 0.05) is 11.7 Å². The number of nitrogens with zero attached hydrogens (tertiary/aromatic N) is 1. The van der Waals surface area contributed by atoms with Crippen molar-refractivity contribution in [3.8, 4) is 0 Å². The Labute approximate surface area is 101 Å². The Morgan fingerprint density at radius 2 is 2.11 bits per heavy atom. The van der Waals surface area contributed by atoms with E-state index in [1.54, 1.807) is 6.92 Å². The quantitative estimate of drug-likeness (QED) is 0.774. The fourth-order valence-electron chi connectivity index (χ4n) is 1.69. The molecule has 2 aromatic heterocycles. The van der Waals surface area contributed by atoms with Crippen molar-refractivity contribution in [1.82, 2.24) is 4.40 Å². The molecule has 0 saturated heterocycles. The van der Waals surface area contributed by atoms with Gasteiger partial charge in [-0.25, -0.2) is 4.79 Å². The summed E-state index contributed by atoms with van der Waals surface area (Å²) in [6.45, 7) is 1.81. The van der Waals surface area contributed by atoms with Crippen molar-refractivity contribution in [2.24, 2.45) is 0 Å². The molecular formula is C12H10F3NO2. The van der Waals surface area contributed by atoms with E-state index in [-0.39, 0.29) is 12.2 Å². The molecule has 0 aromatic carbocycles. The number of halogens is 3. The minimum atomic E-state index is -4.47.